The Bertz CT molecular complexity index is 516. The third-order valence-corrected chi connectivity index (χ3v) is 7.73. The number of aryl methyl sites for hydroxylation is 1. The van der Waals surface area contributed by atoms with Gasteiger partial charge in [-0.3, -0.25) is 0 Å². The van der Waals surface area contributed by atoms with Gasteiger partial charge in [-0.05, 0) is 59.2 Å². The molecule has 2 rings (SSSR count). The van der Waals surface area contributed by atoms with Crippen LogP contribution in [0.5, 0.6) is 0 Å². The topological polar surface area (TPSA) is 46.2 Å². The molecule has 0 radical (unpaired) electrons. The van der Waals surface area contributed by atoms with Crippen molar-refractivity contribution >= 4 is 53.2 Å². The van der Waals surface area contributed by atoms with Gasteiger partial charge in [-0.25, -0.2) is 13.1 Å². The monoisotopic (exact) mass is 415 g/mol. The lowest BCUT2D eigenvalue weighted by Gasteiger charge is -2.13. The summed E-state index contributed by atoms with van der Waals surface area (Å²) in [5.74, 6) is 0. The van der Waals surface area contributed by atoms with Crippen LogP contribution in [0.4, 0.5) is 0 Å². The first-order chi connectivity index (χ1) is 8.38. The first kappa shape index (κ1) is 15.0. The number of rotatable bonds is 6. The summed E-state index contributed by atoms with van der Waals surface area (Å²) in [6.07, 6.45) is 3.27. The lowest BCUT2D eigenvalue weighted by molar-refractivity contribution is 0.481. The van der Waals surface area contributed by atoms with Crippen molar-refractivity contribution in [2.45, 2.75) is 30.4 Å². The van der Waals surface area contributed by atoms with Crippen molar-refractivity contribution in [2.24, 2.45) is 5.41 Å². The Morgan fingerprint density at radius 1 is 1.50 bits per heavy atom. The molecule has 0 amide bonds. The van der Waals surface area contributed by atoms with E-state index in [9.17, 15) is 8.42 Å². The van der Waals surface area contributed by atoms with Crippen LogP contribution < -0.4 is 4.72 Å². The van der Waals surface area contributed by atoms with Gasteiger partial charge in [-0.1, -0.05) is 15.9 Å². The van der Waals surface area contributed by atoms with E-state index in [1.807, 2.05) is 6.92 Å². The second kappa shape index (κ2) is 5.52. The highest BCUT2D eigenvalue weighted by atomic mass is 79.9. The molecule has 102 valence electrons. The Hall–Kier alpha value is 0.570. The maximum absolute atomic E-state index is 12.1. The second-order valence-corrected chi connectivity index (χ2v) is 9.94. The van der Waals surface area contributed by atoms with Gasteiger partial charge in [0.1, 0.15) is 4.21 Å². The summed E-state index contributed by atoms with van der Waals surface area (Å²) in [5.41, 5.74) is 1.15. The van der Waals surface area contributed by atoms with E-state index in [1.165, 1.54) is 11.3 Å². The fraction of sp³-hybridized carbons (Fsp3) is 0.636. The Labute approximate surface area is 129 Å². The molecule has 0 spiro atoms. The molecule has 3 nitrogen and oxygen atoms in total. The first-order valence-electron chi connectivity index (χ1n) is 5.70. The molecule has 1 fully saturated rings. The fourth-order valence-electron chi connectivity index (χ4n) is 1.78. The molecule has 1 aliphatic rings. The minimum atomic E-state index is -3.35. The average molecular weight is 417 g/mol. The molecule has 18 heavy (non-hydrogen) atoms. The van der Waals surface area contributed by atoms with E-state index < -0.39 is 10.0 Å². The van der Waals surface area contributed by atoms with Gasteiger partial charge in [-0.2, -0.15) is 0 Å². The van der Waals surface area contributed by atoms with Crippen LogP contribution >= 0.6 is 43.2 Å². The van der Waals surface area contributed by atoms with Crippen LogP contribution in [0.2, 0.25) is 0 Å². The molecule has 1 N–H and O–H groups in total. The summed E-state index contributed by atoms with van der Waals surface area (Å²) in [4.78, 5) is 0. The molecule has 0 unspecified atom stereocenters. The van der Waals surface area contributed by atoms with Gasteiger partial charge in [0, 0.05) is 11.9 Å². The molecular formula is C11H15Br2NO2S2. The molecule has 1 saturated carbocycles. The number of nitrogens with one attached hydrogen (secondary N) is 1. The van der Waals surface area contributed by atoms with Gasteiger partial charge in [-0.15, -0.1) is 11.3 Å². The molecule has 0 saturated heterocycles. The van der Waals surface area contributed by atoms with E-state index in [2.05, 4.69) is 36.6 Å². The summed E-state index contributed by atoms with van der Waals surface area (Å²) in [7, 11) is -3.35. The predicted octanol–water partition coefficient (Wildman–Crippen LogP) is 3.66. The fourth-order valence-corrected chi connectivity index (χ4v) is 6.04. The van der Waals surface area contributed by atoms with E-state index in [1.54, 1.807) is 6.07 Å². The lowest BCUT2D eigenvalue weighted by atomic mass is 10.1. The molecule has 1 aromatic heterocycles. The molecule has 1 aromatic rings. The Morgan fingerprint density at radius 3 is 2.61 bits per heavy atom. The van der Waals surface area contributed by atoms with Crippen molar-refractivity contribution in [3.05, 3.63) is 15.4 Å². The quantitative estimate of drug-likeness (QED) is 0.719. The number of sulfonamides is 1. The number of halogens is 2. The van der Waals surface area contributed by atoms with Crippen molar-refractivity contribution in [1.82, 2.24) is 4.72 Å². The maximum atomic E-state index is 12.1. The van der Waals surface area contributed by atoms with Gasteiger partial charge in [0.05, 0.1) is 3.79 Å². The largest absolute Gasteiger partial charge is 0.250 e. The van der Waals surface area contributed by atoms with E-state index in [0.29, 0.717) is 10.8 Å². The van der Waals surface area contributed by atoms with Crippen LogP contribution in [-0.4, -0.2) is 20.3 Å². The van der Waals surface area contributed by atoms with E-state index in [-0.39, 0.29) is 5.41 Å². The molecule has 1 heterocycles. The summed E-state index contributed by atoms with van der Waals surface area (Å²) < 4.78 is 28.3. The molecule has 0 aliphatic heterocycles. The summed E-state index contributed by atoms with van der Waals surface area (Å²) in [6, 6.07) is 1.71. The summed E-state index contributed by atoms with van der Waals surface area (Å²) >= 11 is 8.04. The average Bonchev–Trinajstić information content (AvgIpc) is 2.98. The third-order valence-electron chi connectivity index (χ3n) is 3.32. The number of thiophene rings is 1. The van der Waals surface area contributed by atoms with E-state index in [0.717, 1.165) is 33.9 Å². The van der Waals surface area contributed by atoms with Crippen molar-refractivity contribution in [2.75, 3.05) is 11.9 Å². The predicted molar refractivity (Wildman–Crippen MR) is 82.0 cm³/mol. The van der Waals surface area contributed by atoms with Crippen LogP contribution in [0.3, 0.4) is 0 Å². The Balaban J connectivity index is 2.04. The van der Waals surface area contributed by atoms with Crippen molar-refractivity contribution < 1.29 is 8.42 Å². The van der Waals surface area contributed by atoms with Crippen LogP contribution in [0.25, 0.3) is 0 Å². The molecule has 0 atom stereocenters. The highest BCUT2D eigenvalue weighted by molar-refractivity contribution is 9.11. The Kier molecular flexibility index (Phi) is 4.59. The number of alkyl halides is 1. The maximum Gasteiger partial charge on any atom is 0.250 e. The minimum absolute atomic E-state index is 0.195. The second-order valence-electron chi connectivity index (χ2n) is 4.79. The Morgan fingerprint density at radius 2 is 2.17 bits per heavy atom. The number of hydrogen-bond acceptors (Lipinski definition) is 3. The van der Waals surface area contributed by atoms with Crippen molar-refractivity contribution in [1.29, 1.82) is 0 Å². The zero-order valence-electron chi connectivity index (χ0n) is 10.0. The van der Waals surface area contributed by atoms with E-state index in [4.69, 9.17) is 0 Å². The van der Waals surface area contributed by atoms with Gasteiger partial charge in [0.15, 0.2) is 0 Å². The molecule has 0 aromatic carbocycles. The van der Waals surface area contributed by atoms with Gasteiger partial charge in [0.25, 0.3) is 0 Å². The van der Waals surface area contributed by atoms with Crippen LogP contribution in [-0.2, 0) is 10.0 Å². The van der Waals surface area contributed by atoms with Crippen molar-refractivity contribution in [3.8, 4) is 0 Å². The van der Waals surface area contributed by atoms with Crippen LogP contribution in [0.15, 0.2) is 14.1 Å². The number of hydrogen-bond donors (Lipinski definition) is 1. The van der Waals surface area contributed by atoms with Crippen LogP contribution in [0.1, 0.15) is 24.8 Å². The first-order valence-corrected chi connectivity index (χ1v) is 9.92. The highest BCUT2D eigenvalue weighted by Gasteiger charge is 2.42. The standard InChI is InChI=1S/C11H15Br2NO2S2/c1-8-6-9(17-10(8)13)18(15,16)14-7-11(2-3-11)4-5-12/h6,14H,2-5,7H2,1H3. The van der Waals surface area contributed by atoms with E-state index >= 15 is 0 Å². The molecule has 0 bridgehead atoms. The molecule has 7 heteroatoms. The molecular weight excluding hydrogens is 402 g/mol. The minimum Gasteiger partial charge on any atom is -0.210 e. The summed E-state index contributed by atoms with van der Waals surface area (Å²) in [6.45, 7) is 2.45. The van der Waals surface area contributed by atoms with Crippen molar-refractivity contribution in [3.63, 3.8) is 0 Å². The molecule has 1 aliphatic carbocycles. The SMILES string of the molecule is Cc1cc(S(=O)(=O)NCC2(CCBr)CC2)sc1Br. The zero-order valence-corrected chi connectivity index (χ0v) is 14.8. The normalized spacial score (nSPS) is 17.9. The lowest BCUT2D eigenvalue weighted by Crippen LogP contribution is -2.30. The van der Waals surface area contributed by atoms with Crippen LogP contribution in [0, 0.1) is 12.3 Å². The van der Waals surface area contributed by atoms with Gasteiger partial charge in [0.2, 0.25) is 10.0 Å². The summed E-state index contributed by atoms with van der Waals surface area (Å²) in [5, 5.41) is 0.929. The highest BCUT2D eigenvalue weighted by Crippen LogP contribution is 2.48. The van der Waals surface area contributed by atoms with Gasteiger partial charge >= 0.3 is 0 Å². The van der Waals surface area contributed by atoms with Gasteiger partial charge < -0.3 is 0 Å². The smallest absolute Gasteiger partial charge is 0.210 e. The zero-order chi connectivity index (χ0) is 13.4. The third kappa shape index (κ3) is 3.36.